The Bertz CT molecular complexity index is 865. The summed E-state index contributed by atoms with van der Waals surface area (Å²) in [6, 6.07) is 0. The van der Waals surface area contributed by atoms with E-state index in [2.05, 4.69) is 5.32 Å². The summed E-state index contributed by atoms with van der Waals surface area (Å²) in [7, 11) is 0. The van der Waals surface area contributed by atoms with Gasteiger partial charge in [0.05, 0.1) is 52.7 Å². The van der Waals surface area contributed by atoms with E-state index in [-0.39, 0.29) is 52.7 Å². The van der Waals surface area contributed by atoms with Crippen molar-refractivity contribution >= 4 is 29.8 Å². The Morgan fingerprint density at radius 1 is 0.763 bits per heavy atom. The van der Waals surface area contributed by atoms with Crippen molar-refractivity contribution in [1.29, 1.82) is 0 Å². The molecule has 2 fully saturated rings. The fourth-order valence-corrected chi connectivity index (χ4v) is 4.31. The molecule has 1 saturated heterocycles. The lowest BCUT2D eigenvalue weighted by atomic mass is 9.53. The lowest BCUT2D eigenvalue weighted by Crippen LogP contribution is -3.01. The number of aliphatic carboxylic acids is 1. The summed E-state index contributed by atoms with van der Waals surface area (Å²) in [6.07, 6.45) is -3.56. The van der Waals surface area contributed by atoms with Crippen LogP contribution < -0.4 is 5.32 Å². The molecule has 0 aromatic carbocycles. The quantitative estimate of drug-likeness (QED) is 0.119. The number of ether oxygens (including phenoxy) is 8. The van der Waals surface area contributed by atoms with Gasteiger partial charge in [0.15, 0.2) is 29.6 Å². The molecule has 1 aliphatic heterocycles. The summed E-state index contributed by atoms with van der Waals surface area (Å²) in [5.74, 6) is -3.47. The lowest BCUT2D eigenvalue weighted by molar-refractivity contribution is -0.473. The SMILES string of the molecule is CC(=O)NC12C(OCCOCCOCCOCCC(=O)O)OC1(COC(C)=O)C(OC(C)=O)C2OC(C)=O. The molecule has 5 atom stereocenters. The minimum atomic E-state index is -1.54. The zero-order valence-electron chi connectivity index (χ0n) is 21.9. The Kier molecular flexibility index (Phi) is 11.8. The number of rotatable bonds is 18. The van der Waals surface area contributed by atoms with E-state index in [1.807, 2.05) is 0 Å². The average Bonchev–Trinajstić information content (AvgIpc) is 2.81. The monoisotopic (exact) mass is 549 g/mol. The fraction of sp³-hybridized carbons (Fsp3) is 0.783. The smallest absolute Gasteiger partial charge is 0.305 e. The Morgan fingerprint density at radius 3 is 1.79 bits per heavy atom. The van der Waals surface area contributed by atoms with Gasteiger partial charge < -0.3 is 48.3 Å². The number of hydrogen-bond donors (Lipinski definition) is 2. The number of fused-ring (bicyclic) bond motifs is 1. The van der Waals surface area contributed by atoms with Crippen LogP contribution in [0.5, 0.6) is 0 Å². The van der Waals surface area contributed by atoms with Gasteiger partial charge in [-0.3, -0.25) is 24.0 Å². The number of carbonyl (C=O) groups is 5. The largest absolute Gasteiger partial charge is 0.481 e. The maximum atomic E-state index is 12.2. The predicted molar refractivity (Wildman–Crippen MR) is 123 cm³/mol. The van der Waals surface area contributed by atoms with E-state index in [0.29, 0.717) is 0 Å². The summed E-state index contributed by atoms with van der Waals surface area (Å²) in [5, 5.41) is 11.2. The molecule has 5 unspecified atom stereocenters. The molecule has 1 amide bonds. The third kappa shape index (κ3) is 7.60. The van der Waals surface area contributed by atoms with Crippen LogP contribution in [-0.2, 0) is 61.9 Å². The topological polar surface area (TPSA) is 191 Å². The van der Waals surface area contributed by atoms with Gasteiger partial charge in [0.1, 0.15) is 6.61 Å². The Morgan fingerprint density at radius 2 is 1.29 bits per heavy atom. The molecule has 0 aromatic heterocycles. The number of carbonyl (C=O) groups excluding carboxylic acids is 4. The van der Waals surface area contributed by atoms with Crippen molar-refractivity contribution in [3.8, 4) is 0 Å². The van der Waals surface area contributed by atoms with Crippen LogP contribution in [0.15, 0.2) is 0 Å². The molecule has 2 rings (SSSR count). The first-order valence-electron chi connectivity index (χ1n) is 12.0. The Balaban J connectivity index is 1.92. The molecule has 0 bridgehead atoms. The molecule has 1 heterocycles. The van der Waals surface area contributed by atoms with Crippen molar-refractivity contribution in [3.05, 3.63) is 0 Å². The van der Waals surface area contributed by atoms with Crippen molar-refractivity contribution in [1.82, 2.24) is 5.32 Å². The second-order valence-electron chi connectivity index (χ2n) is 8.58. The molecule has 216 valence electrons. The molecule has 0 radical (unpaired) electrons. The number of carboxylic acid groups (broad SMARTS) is 1. The molecule has 38 heavy (non-hydrogen) atoms. The van der Waals surface area contributed by atoms with E-state index < -0.39 is 66.0 Å². The summed E-state index contributed by atoms with van der Waals surface area (Å²) in [5.41, 5.74) is -3.04. The van der Waals surface area contributed by atoms with E-state index in [1.54, 1.807) is 0 Å². The minimum Gasteiger partial charge on any atom is -0.481 e. The zero-order chi connectivity index (χ0) is 28.3. The lowest BCUT2D eigenvalue weighted by Gasteiger charge is -2.73. The van der Waals surface area contributed by atoms with Crippen molar-refractivity contribution in [2.45, 2.75) is 63.8 Å². The molecule has 15 nitrogen and oxygen atoms in total. The number of esters is 3. The molecule has 15 heteroatoms. The van der Waals surface area contributed by atoms with Crippen LogP contribution in [0.1, 0.15) is 34.1 Å². The van der Waals surface area contributed by atoms with E-state index in [4.69, 9.17) is 43.0 Å². The first-order chi connectivity index (χ1) is 18.0. The van der Waals surface area contributed by atoms with E-state index >= 15 is 0 Å². The molecule has 2 N–H and O–H groups in total. The van der Waals surface area contributed by atoms with Crippen LogP contribution in [0.4, 0.5) is 0 Å². The fourth-order valence-electron chi connectivity index (χ4n) is 4.31. The first-order valence-corrected chi connectivity index (χ1v) is 12.0. The van der Waals surface area contributed by atoms with Gasteiger partial charge in [-0.1, -0.05) is 0 Å². The molecular weight excluding hydrogens is 514 g/mol. The Hall–Kier alpha value is -2.85. The van der Waals surface area contributed by atoms with E-state index in [0.717, 1.165) is 13.8 Å². The molecular formula is C23H35NO14. The number of carboxylic acids is 1. The normalized spacial score (nSPS) is 27.2. The summed E-state index contributed by atoms with van der Waals surface area (Å²) in [6.45, 7) is 5.62. The van der Waals surface area contributed by atoms with Gasteiger partial charge in [-0.05, 0) is 0 Å². The standard InChI is InChI=1S/C23H35NO14/c1-14(25)24-23-20(37-17(4)28)19(36-16(3)27)22(23,13-35-15(2)26)38-21(23)34-12-11-33-10-9-32-8-7-31-6-5-18(29)30/h19-21H,5-13H2,1-4H3,(H,24,25)(H,29,30). The molecule has 0 spiro atoms. The summed E-state index contributed by atoms with van der Waals surface area (Å²) < 4.78 is 43.4. The Labute approximate surface area is 219 Å². The summed E-state index contributed by atoms with van der Waals surface area (Å²) in [4.78, 5) is 57.7. The second-order valence-corrected chi connectivity index (χ2v) is 8.58. The number of nitrogens with one attached hydrogen (secondary N) is 1. The highest BCUT2D eigenvalue weighted by molar-refractivity contribution is 5.76. The van der Waals surface area contributed by atoms with Crippen molar-refractivity contribution < 1.29 is 67.0 Å². The zero-order valence-corrected chi connectivity index (χ0v) is 21.9. The number of amides is 1. The molecule has 0 aromatic rings. The predicted octanol–water partition coefficient (Wildman–Crippen LogP) is -1.06. The minimum absolute atomic E-state index is 0.0129. The summed E-state index contributed by atoms with van der Waals surface area (Å²) >= 11 is 0. The van der Waals surface area contributed by atoms with Crippen molar-refractivity contribution in [2.75, 3.05) is 52.9 Å². The van der Waals surface area contributed by atoms with Gasteiger partial charge in [-0.2, -0.15) is 0 Å². The van der Waals surface area contributed by atoms with Crippen molar-refractivity contribution in [3.63, 3.8) is 0 Å². The van der Waals surface area contributed by atoms with Gasteiger partial charge in [-0.25, -0.2) is 0 Å². The van der Waals surface area contributed by atoms with Gasteiger partial charge in [0.2, 0.25) is 5.91 Å². The van der Waals surface area contributed by atoms with Gasteiger partial charge in [0.25, 0.3) is 0 Å². The van der Waals surface area contributed by atoms with Crippen LogP contribution in [0, 0.1) is 0 Å². The molecule has 1 saturated carbocycles. The van der Waals surface area contributed by atoms with Crippen LogP contribution in [0.3, 0.4) is 0 Å². The molecule has 1 aliphatic carbocycles. The maximum absolute atomic E-state index is 12.2. The van der Waals surface area contributed by atoms with E-state index in [1.165, 1.54) is 13.8 Å². The number of hydrogen-bond acceptors (Lipinski definition) is 13. The van der Waals surface area contributed by atoms with E-state index in [9.17, 15) is 24.0 Å². The van der Waals surface area contributed by atoms with Crippen molar-refractivity contribution in [2.24, 2.45) is 0 Å². The highest BCUT2D eigenvalue weighted by atomic mass is 16.8. The van der Waals surface area contributed by atoms with Crippen LogP contribution >= 0.6 is 0 Å². The highest BCUT2D eigenvalue weighted by Gasteiger charge is 2.89. The third-order valence-corrected chi connectivity index (χ3v) is 5.73. The van der Waals surface area contributed by atoms with Gasteiger partial charge >= 0.3 is 23.9 Å². The molecule has 2 aliphatic rings. The maximum Gasteiger partial charge on any atom is 0.305 e. The van der Waals surface area contributed by atoms with Crippen LogP contribution in [0.2, 0.25) is 0 Å². The first kappa shape index (κ1) is 31.4. The average molecular weight is 550 g/mol. The second kappa shape index (κ2) is 14.3. The highest BCUT2D eigenvalue weighted by Crippen LogP contribution is 2.60. The van der Waals surface area contributed by atoms with Gasteiger partial charge in [-0.15, -0.1) is 0 Å². The van der Waals surface area contributed by atoms with Gasteiger partial charge in [0, 0.05) is 27.7 Å². The van der Waals surface area contributed by atoms with Crippen LogP contribution in [-0.4, -0.2) is 117 Å². The van der Waals surface area contributed by atoms with Crippen LogP contribution in [0.25, 0.3) is 0 Å². The third-order valence-electron chi connectivity index (χ3n) is 5.73.